The second kappa shape index (κ2) is 12.4. The molecule has 0 radical (unpaired) electrons. The standard InChI is InChI=1S/C34H34F2O3/c35-34(36,20-7-21-37)24-39-29-15-12-27(13-16-29)33-31(26-10-5-2-6-11-26)18-14-28-22-30(17-19-32(28)33)38-23-25-8-3-1-4-9-25/h1-6,8-13,15-17,19,22,31,33,37H,7,14,18,20-21,23-24H2/t31-,33+/m1/s1. The zero-order valence-electron chi connectivity index (χ0n) is 21.9. The van der Waals surface area contributed by atoms with Gasteiger partial charge in [0.05, 0.1) is 0 Å². The van der Waals surface area contributed by atoms with E-state index >= 15 is 0 Å². The number of hydrogen-bond acceptors (Lipinski definition) is 3. The van der Waals surface area contributed by atoms with Gasteiger partial charge in [-0.15, -0.1) is 0 Å². The van der Waals surface area contributed by atoms with Gasteiger partial charge in [0, 0.05) is 18.9 Å². The van der Waals surface area contributed by atoms with Crippen molar-refractivity contribution in [3.8, 4) is 11.5 Å². The predicted molar refractivity (Wildman–Crippen MR) is 150 cm³/mol. The number of halogens is 2. The second-order valence-electron chi connectivity index (χ2n) is 10.2. The summed E-state index contributed by atoms with van der Waals surface area (Å²) < 4.78 is 39.6. The minimum atomic E-state index is -2.97. The molecule has 0 aromatic heterocycles. The molecule has 1 aliphatic carbocycles. The van der Waals surface area contributed by atoms with E-state index in [1.165, 1.54) is 16.7 Å². The Bertz CT molecular complexity index is 1320. The molecule has 0 unspecified atom stereocenters. The maximum atomic E-state index is 14.0. The van der Waals surface area contributed by atoms with Gasteiger partial charge in [0.2, 0.25) is 0 Å². The number of ether oxygens (including phenoxy) is 2. The molecule has 4 aromatic rings. The van der Waals surface area contributed by atoms with Crippen LogP contribution in [-0.4, -0.2) is 24.2 Å². The first-order chi connectivity index (χ1) is 19.0. The summed E-state index contributed by atoms with van der Waals surface area (Å²) in [6, 6.07) is 34.7. The lowest BCUT2D eigenvalue weighted by molar-refractivity contribution is -0.0514. The summed E-state index contributed by atoms with van der Waals surface area (Å²) in [6.45, 7) is -0.427. The lowest BCUT2D eigenvalue weighted by Gasteiger charge is -2.35. The van der Waals surface area contributed by atoms with Gasteiger partial charge in [-0.25, -0.2) is 8.78 Å². The average molecular weight is 529 g/mol. The summed E-state index contributed by atoms with van der Waals surface area (Å²) >= 11 is 0. The molecular formula is C34H34F2O3. The maximum absolute atomic E-state index is 14.0. The highest BCUT2D eigenvalue weighted by Crippen LogP contribution is 2.47. The summed E-state index contributed by atoms with van der Waals surface area (Å²) in [5.41, 5.74) is 6.10. The van der Waals surface area contributed by atoms with Crippen molar-refractivity contribution < 1.29 is 23.4 Å². The van der Waals surface area contributed by atoms with Gasteiger partial charge in [0.25, 0.3) is 5.92 Å². The molecule has 0 saturated carbocycles. The van der Waals surface area contributed by atoms with Crippen LogP contribution in [0.5, 0.6) is 11.5 Å². The molecule has 0 spiro atoms. The van der Waals surface area contributed by atoms with E-state index in [1.807, 2.05) is 42.5 Å². The monoisotopic (exact) mass is 528 g/mol. The van der Waals surface area contributed by atoms with E-state index in [2.05, 4.69) is 48.5 Å². The zero-order valence-corrected chi connectivity index (χ0v) is 21.9. The summed E-state index contributed by atoms with van der Waals surface area (Å²) in [7, 11) is 0. The Kier molecular flexibility index (Phi) is 8.58. The molecule has 5 rings (SSSR count). The summed E-state index contributed by atoms with van der Waals surface area (Å²) in [5, 5.41) is 8.85. The Balaban J connectivity index is 1.38. The van der Waals surface area contributed by atoms with Gasteiger partial charge in [-0.05, 0) is 77.3 Å². The normalized spacial score (nSPS) is 16.9. The number of aryl methyl sites for hydroxylation is 1. The Morgan fingerprint density at radius 1 is 0.769 bits per heavy atom. The third kappa shape index (κ3) is 6.85. The van der Waals surface area contributed by atoms with Crippen LogP contribution in [0.4, 0.5) is 8.78 Å². The van der Waals surface area contributed by atoms with Crippen molar-refractivity contribution in [2.75, 3.05) is 13.2 Å². The van der Waals surface area contributed by atoms with Gasteiger partial charge in [0.15, 0.2) is 6.61 Å². The number of rotatable bonds is 11. The van der Waals surface area contributed by atoms with E-state index in [0.717, 1.165) is 29.7 Å². The topological polar surface area (TPSA) is 38.7 Å². The van der Waals surface area contributed by atoms with Crippen molar-refractivity contribution in [1.29, 1.82) is 0 Å². The summed E-state index contributed by atoms with van der Waals surface area (Å²) in [4.78, 5) is 0. The number of fused-ring (bicyclic) bond motifs is 1. The maximum Gasteiger partial charge on any atom is 0.281 e. The van der Waals surface area contributed by atoms with Crippen LogP contribution in [0, 0.1) is 0 Å². The van der Waals surface area contributed by atoms with Crippen LogP contribution < -0.4 is 9.47 Å². The lowest BCUT2D eigenvalue weighted by atomic mass is 9.69. The predicted octanol–water partition coefficient (Wildman–Crippen LogP) is 7.91. The molecule has 0 aliphatic heterocycles. The molecule has 3 nitrogen and oxygen atoms in total. The van der Waals surface area contributed by atoms with Crippen LogP contribution in [0.2, 0.25) is 0 Å². The Morgan fingerprint density at radius 3 is 2.18 bits per heavy atom. The van der Waals surface area contributed by atoms with Crippen LogP contribution in [0.3, 0.4) is 0 Å². The van der Waals surface area contributed by atoms with E-state index in [9.17, 15) is 8.78 Å². The molecule has 0 fully saturated rings. The Hall–Kier alpha value is -3.70. The minimum Gasteiger partial charge on any atom is -0.489 e. The van der Waals surface area contributed by atoms with Crippen LogP contribution >= 0.6 is 0 Å². The molecule has 5 heteroatoms. The quantitative estimate of drug-likeness (QED) is 0.215. The van der Waals surface area contributed by atoms with Gasteiger partial charge >= 0.3 is 0 Å². The number of aliphatic hydroxyl groups excluding tert-OH is 1. The van der Waals surface area contributed by atoms with Crippen LogP contribution in [0.15, 0.2) is 103 Å². The lowest BCUT2D eigenvalue weighted by Crippen LogP contribution is -2.26. The highest BCUT2D eigenvalue weighted by molar-refractivity contribution is 5.48. The molecule has 0 saturated heterocycles. The van der Waals surface area contributed by atoms with Gasteiger partial charge in [-0.1, -0.05) is 78.9 Å². The molecule has 0 amide bonds. The van der Waals surface area contributed by atoms with E-state index in [0.29, 0.717) is 18.3 Å². The van der Waals surface area contributed by atoms with E-state index < -0.39 is 19.0 Å². The first-order valence-corrected chi connectivity index (χ1v) is 13.6. The number of aliphatic hydroxyl groups is 1. The van der Waals surface area contributed by atoms with Crippen LogP contribution in [0.1, 0.15) is 58.9 Å². The number of benzene rings is 4. The van der Waals surface area contributed by atoms with Crippen LogP contribution in [0.25, 0.3) is 0 Å². The third-order valence-corrected chi connectivity index (χ3v) is 7.44. The van der Waals surface area contributed by atoms with Crippen LogP contribution in [-0.2, 0) is 13.0 Å². The highest BCUT2D eigenvalue weighted by atomic mass is 19.3. The summed E-state index contributed by atoms with van der Waals surface area (Å²) in [6.07, 6.45) is 1.61. The van der Waals surface area contributed by atoms with E-state index in [-0.39, 0.29) is 18.9 Å². The second-order valence-corrected chi connectivity index (χ2v) is 10.2. The van der Waals surface area contributed by atoms with Crippen molar-refractivity contribution in [1.82, 2.24) is 0 Å². The van der Waals surface area contributed by atoms with Gasteiger partial charge in [-0.2, -0.15) is 0 Å². The van der Waals surface area contributed by atoms with Gasteiger partial charge in [0.1, 0.15) is 18.1 Å². The van der Waals surface area contributed by atoms with Crippen molar-refractivity contribution >= 4 is 0 Å². The molecule has 2 atom stereocenters. The average Bonchev–Trinajstić information content (AvgIpc) is 2.98. The molecular weight excluding hydrogens is 494 g/mol. The van der Waals surface area contributed by atoms with E-state index in [4.69, 9.17) is 14.6 Å². The fourth-order valence-electron chi connectivity index (χ4n) is 5.47. The molecule has 1 N–H and O–H groups in total. The SMILES string of the molecule is OCCCC(F)(F)COc1ccc([C@@H]2c3ccc(OCc4ccccc4)cc3CC[C@@H]2c2ccccc2)cc1. The molecule has 4 aromatic carbocycles. The van der Waals surface area contributed by atoms with Crippen molar-refractivity contribution in [2.24, 2.45) is 0 Å². The zero-order chi connectivity index (χ0) is 27.1. The molecule has 202 valence electrons. The van der Waals surface area contributed by atoms with E-state index in [1.54, 1.807) is 12.1 Å². The highest BCUT2D eigenvalue weighted by Gasteiger charge is 2.33. The molecule has 0 bridgehead atoms. The smallest absolute Gasteiger partial charge is 0.281 e. The van der Waals surface area contributed by atoms with Crippen molar-refractivity contribution in [3.05, 3.63) is 131 Å². The number of hydrogen-bond donors (Lipinski definition) is 1. The minimum absolute atomic E-state index is 0.0519. The fourth-order valence-corrected chi connectivity index (χ4v) is 5.47. The van der Waals surface area contributed by atoms with Crippen molar-refractivity contribution in [3.63, 3.8) is 0 Å². The fraction of sp³-hybridized carbons (Fsp3) is 0.294. The van der Waals surface area contributed by atoms with Crippen molar-refractivity contribution in [2.45, 2.75) is 50.0 Å². The largest absolute Gasteiger partial charge is 0.489 e. The first-order valence-electron chi connectivity index (χ1n) is 13.6. The van der Waals surface area contributed by atoms with Gasteiger partial charge < -0.3 is 14.6 Å². The molecule has 0 heterocycles. The summed E-state index contributed by atoms with van der Waals surface area (Å²) in [5.74, 6) is -1.27. The first kappa shape index (κ1) is 26.9. The number of alkyl halides is 2. The third-order valence-electron chi connectivity index (χ3n) is 7.44. The Labute approximate surface area is 229 Å². The Morgan fingerprint density at radius 2 is 1.46 bits per heavy atom. The van der Waals surface area contributed by atoms with Gasteiger partial charge in [-0.3, -0.25) is 0 Å². The molecule has 1 aliphatic rings. The molecule has 39 heavy (non-hydrogen) atoms.